The molecule has 1 aromatic heterocycles. The Morgan fingerprint density at radius 2 is 1.63 bits per heavy atom. The Kier molecular flexibility index (Phi) is 5.97. The molecular formula is C20H16F3N3O2S2. The highest BCUT2D eigenvalue weighted by Crippen LogP contribution is 2.43. The van der Waals surface area contributed by atoms with E-state index in [9.17, 15) is 21.6 Å². The number of alkyl halides is 3. The number of sulfone groups is 1. The standard InChI is InChI=1S/C20H16F3N3O2S2/c1-29-15-7-3-13(4-8-15)17-18(14-5-9-16(10-6-14)30(2,27)28)25-26(12-11-24)19(17)20(21,22)23/h3-10H,12H2,1-2H3. The summed E-state index contributed by atoms with van der Waals surface area (Å²) in [4.78, 5) is 0.931. The molecule has 0 spiro atoms. The fraction of sp³-hybridized carbons (Fsp3) is 0.200. The summed E-state index contributed by atoms with van der Waals surface area (Å²) in [5.41, 5.74) is -0.546. The second kappa shape index (κ2) is 8.16. The maximum atomic E-state index is 14.0. The van der Waals surface area contributed by atoms with Gasteiger partial charge < -0.3 is 0 Å². The maximum Gasteiger partial charge on any atom is 0.433 e. The van der Waals surface area contributed by atoms with Gasteiger partial charge in [-0.25, -0.2) is 13.1 Å². The summed E-state index contributed by atoms with van der Waals surface area (Å²) in [5.74, 6) is 0. The van der Waals surface area contributed by atoms with Crippen molar-refractivity contribution < 1.29 is 21.6 Å². The van der Waals surface area contributed by atoms with Gasteiger partial charge in [0, 0.05) is 22.3 Å². The minimum Gasteiger partial charge on any atom is -0.245 e. The third kappa shape index (κ3) is 4.37. The maximum absolute atomic E-state index is 14.0. The zero-order valence-corrected chi connectivity index (χ0v) is 17.6. The molecule has 0 atom stereocenters. The van der Waals surface area contributed by atoms with Crippen LogP contribution in [0.5, 0.6) is 0 Å². The van der Waals surface area contributed by atoms with Crippen LogP contribution in [0, 0.1) is 11.3 Å². The molecule has 0 saturated heterocycles. The van der Waals surface area contributed by atoms with E-state index in [2.05, 4.69) is 5.10 Å². The van der Waals surface area contributed by atoms with Crippen molar-refractivity contribution >= 4 is 21.6 Å². The summed E-state index contributed by atoms with van der Waals surface area (Å²) in [7, 11) is -3.46. The molecule has 0 fully saturated rings. The van der Waals surface area contributed by atoms with Crippen LogP contribution in [0.25, 0.3) is 22.4 Å². The van der Waals surface area contributed by atoms with E-state index in [0.29, 0.717) is 15.8 Å². The molecule has 0 aliphatic carbocycles. The van der Waals surface area contributed by atoms with Crippen molar-refractivity contribution in [1.82, 2.24) is 9.78 Å². The summed E-state index contributed by atoms with van der Waals surface area (Å²) in [6.07, 6.45) is -1.84. The van der Waals surface area contributed by atoms with Crippen molar-refractivity contribution in [3.63, 3.8) is 0 Å². The number of aromatic nitrogens is 2. The quantitative estimate of drug-likeness (QED) is 0.517. The molecule has 0 radical (unpaired) electrons. The summed E-state index contributed by atoms with van der Waals surface area (Å²) in [6.45, 7) is -0.577. The van der Waals surface area contributed by atoms with Crippen molar-refractivity contribution in [3.8, 4) is 28.5 Å². The Morgan fingerprint density at radius 3 is 2.10 bits per heavy atom. The predicted molar refractivity (Wildman–Crippen MR) is 109 cm³/mol. The van der Waals surface area contributed by atoms with Crippen LogP contribution >= 0.6 is 11.8 Å². The Balaban J connectivity index is 2.30. The van der Waals surface area contributed by atoms with Crippen molar-refractivity contribution in [2.45, 2.75) is 22.5 Å². The number of halogens is 3. The minimum absolute atomic E-state index is 0.0227. The molecule has 0 unspecified atom stereocenters. The first kappa shape index (κ1) is 21.9. The lowest BCUT2D eigenvalue weighted by Gasteiger charge is -2.12. The normalized spacial score (nSPS) is 12.0. The van der Waals surface area contributed by atoms with Crippen LogP contribution in [0.1, 0.15) is 5.69 Å². The molecule has 0 bridgehead atoms. The van der Waals surface area contributed by atoms with Crippen LogP contribution in [-0.4, -0.2) is 30.7 Å². The highest BCUT2D eigenvalue weighted by molar-refractivity contribution is 7.98. The average molecular weight is 451 g/mol. The van der Waals surface area contributed by atoms with Gasteiger partial charge in [0.25, 0.3) is 0 Å². The molecule has 0 aliphatic rings. The van der Waals surface area contributed by atoms with E-state index in [0.717, 1.165) is 11.2 Å². The van der Waals surface area contributed by atoms with E-state index >= 15 is 0 Å². The molecule has 5 nitrogen and oxygen atoms in total. The van der Waals surface area contributed by atoms with Gasteiger partial charge in [-0.15, -0.1) is 11.8 Å². The number of hydrogen-bond donors (Lipinski definition) is 0. The number of nitriles is 1. The van der Waals surface area contributed by atoms with Gasteiger partial charge in [0.05, 0.1) is 11.0 Å². The van der Waals surface area contributed by atoms with Crippen LogP contribution in [0.2, 0.25) is 0 Å². The molecule has 0 saturated carbocycles. The fourth-order valence-electron chi connectivity index (χ4n) is 3.02. The van der Waals surface area contributed by atoms with E-state index in [1.807, 2.05) is 6.26 Å². The van der Waals surface area contributed by atoms with Gasteiger partial charge >= 0.3 is 6.18 Å². The highest BCUT2D eigenvalue weighted by atomic mass is 32.2. The first-order chi connectivity index (χ1) is 14.1. The van der Waals surface area contributed by atoms with Crippen LogP contribution < -0.4 is 0 Å². The van der Waals surface area contributed by atoms with Crippen molar-refractivity contribution in [3.05, 3.63) is 54.2 Å². The number of nitrogens with zero attached hydrogens (tertiary/aromatic N) is 3. The van der Waals surface area contributed by atoms with Gasteiger partial charge in [-0.3, -0.25) is 0 Å². The lowest BCUT2D eigenvalue weighted by atomic mass is 9.98. The zero-order chi connectivity index (χ0) is 22.1. The third-order valence-corrected chi connectivity index (χ3v) is 6.25. The van der Waals surface area contributed by atoms with Crippen LogP contribution in [0.4, 0.5) is 13.2 Å². The third-order valence-electron chi connectivity index (χ3n) is 4.38. The number of hydrogen-bond acceptors (Lipinski definition) is 5. The SMILES string of the molecule is CSc1ccc(-c2c(-c3ccc(S(C)(=O)=O)cc3)nn(CC#N)c2C(F)(F)F)cc1. The first-order valence-corrected chi connectivity index (χ1v) is 11.7. The second-order valence-electron chi connectivity index (χ2n) is 6.41. The van der Waals surface area contributed by atoms with E-state index in [4.69, 9.17) is 5.26 Å². The molecule has 1 heterocycles. The van der Waals surface area contributed by atoms with E-state index < -0.39 is 28.3 Å². The Labute approximate surface area is 176 Å². The Hall–Kier alpha value is -2.77. The summed E-state index contributed by atoms with van der Waals surface area (Å²) < 4.78 is 65.9. The monoisotopic (exact) mass is 451 g/mol. The second-order valence-corrected chi connectivity index (χ2v) is 9.31. The molecule has 3 aromatic rings. The van der Waals surface area contributed by atoms with Gasteiger partial charge in [0.1, 0.15) is 12.2 Å². The molecular weight excluding hydrogens is 435 g/mol. The van der Waals surface area contributed by atoms with E-state index in [1.165, 1.54) is 36.0 Å². The van der Waals surface area contributed by atoms with E-state index in [-0.39, 0.29) is 16.2 Å². The lowest BCUT2D eigenvalue weighted by Crippen LogP contribution is -2.15. The molecule has 30 heavy (non-hydrogen) atoms. The minimum atomic E-state index is -4.75. The molecule has 0 N–H and O–H groups in total. The number of benzene rings is 2. The zero-order valence-electron chi connectivity index (χ0n) is 15.9. The van der Waals surface area contributed by atoms with E-state index in [1.54, 1.807) is 30.3 Å². The van der Waals surface area contributed by atoms with Gasteiger partial charge in [0.2, 0.25) is 0 Å². The molecule has 3 rings (SSSR count). The topological polar surface area (TPSA) is 75.8 Å². The predicted octanol–water partition coefficient (Wildman–Crippen LogP) is 4.88. The molecule has 10 heteroatoms. The summed E-state index contributed by atoms with van der Waals surface area (Å²) >= 11 is 1.46. The Morgan fingerprint density at radius 1 is 1.07 bits per heavy atom. The lowest BCUT2D eigenvalue weighted by molar-refractivity contribution is -0.143. The largest absolute Gasteiger partial charge is 0.433 e. The van der Waals surface area contributed by atoms with Gasteiger partial charge in [-0.2, -0.15) is 23.5 Å². The van der Waals surface area contributed by atoms with Gasteiger partial charge in [0.15, 0.2) is 15.5 Å². The fourth-order valence-corrected chi connectivity index (χ4v) is 4.06. The number of rotatable bonds is 5. The molecule has 2 aromatic carbocycles. The molecule has 0 amide bonds. The van der Waals surface area contributed by atoms with Crippen LogP contribution in [0.15, 0.2) is 58.3 Å². The average Bonchev–Trinajstić information content (AvgIpc) is 3.07. The summed E-state index contributed by atoms with van der Waals surface area (Å²) in [5, 5.41) is 13.1. The molecule has 0 aliphatic heterocycles. The van der Waals surface area contributed by atoms with Crippen molar-refractivity contribution in [1.29, 1.82) is 5.26 Å². The Bertz CT molecular complexity index is 1210. The highest BCUT2D eigenvalue weighted by Gasteiger charge is 2.40. The van der Waals surface area contributed by atoms with Gasteiger partial charge in [-0.05, 0) is 36.1 Å². The summed E-state index contributed by atoms with van der Waals surface area (Å²) in [6, 6.07) is 13.7. The van der Waals surface area contributed by atoms with Gasteiger partial charge in [-0.1, -0.05) is 24.3 Å². The van der Waals surface area contributed by atoms with Crippen LogP contribution in [0.3, 0.4) is 0 Å². The first-order valence-electron chi connectivity index (χ1n) is 8.56. The van der Waals surface area contributed by atoms with Crippen LogP contribution in [-0.2, 0) is 22.6 Å². The van der Waals surface area contributed by atoms with Crippen molar-refractivity contribution in [2.24, 2.45) is 0 Å². The smallest absolute Gasteiger partial charge is 0.245 e. The van der Waals surface area contributed by atoms with Crippen molar-refractivity contribution in [2.75, 3.05) is 12.5 Å². The number of thioether (sulfide) groups is 1. The molecule has 156 valence electrons.